The van der Waals surface area contributed by atoms with E-state index in [0.717, 1.165) is 0 Å². The summed E-state index contributed by atoms with van der Waals surface area (Å²) in [5.41, 5.74) is 0. The van der Waals surface area contributed by atoms with Crippen molar-refractivity contribution in [2.24, 2.45) is 5.92 Å². The van der Waals surface area contributed by atoms with Gasteiger partial charge in [-0.05, 0) is 6.92 Å². The topological polar surface area (TPSA) is 69.9 Å². The number of rotatable bonds is 1. The maximum atomic E-state index is 9.48. The molecule has 0 spiro atoms. The fourth-order valence-corrected chi connectivity index (χ4v) is 1.44. The van der Waals surface area contributed by atoms with Gasteiger partial charge in [0.05, 0.1) is 18.8 Å². The monoisotopic (exact) mass is 176 g/mol. The predicted molar refractivity (Wildman–Crippen MR) is 42.6 cm³/mol. The first-order chi connectivity index (χ1) is 5.57. The van der Waals surface area contributed by atoms with Gasteiger partial charge in [-0.1, -0.05) is 6.92 Å². The van der Waals surface area contributed by atoms with Crippen LogP contribution >= 0.6 is 0 Å². The van der Waals surface area contributed by atoms with E-state index < -0.39 is 18.3 Å². The number of ether oxygens (including phenoxy) is 1. The first kappa shape index (κ1) is 9.92. The van der Waals surface area contributed by atoms with Crippen LogP contribution in [0.1, 0.15) is 13.8 Å². The van der Waals surface area contributed by atoms with Crippen molar-refractivity contribution in [1.82, 2.24) is 0 Å². The highest BCUT2D eigenvalue weighted by atomic mass is 16.5. The number of aliphatic hydroxyl groups is 3. The molecular formula is C8H16O4. The SMILES string of the molecule is C[C@@H]1[C@@H](O)[C@@H](O)[C@@H](CO)O[C@@H]1C. The summed E-state index contributed by atoms with van der Waals surface area (Å²) in [6.07, 6.45) is -2.54. The normalized spacial score (nSPS) is 49.2. The molecule has 1 heterocycles. The number of hydrogen-bond donors (Lipinski definition) is 3. The molecule has 1 aliphatic rings. The average molecular weight is 176 g/mol. The minimum Gasteiger partial charge on any atom is -0.394 e. The van der Waals surface area contributed by atoms with Gasteiger partial charge in [0.1, 0.15) is 12.2 Å². The Hall–Kier alpha value is -0.160. The lowest BCUT2D eigenvalue weighted by Gasteiger charge is -2.39. The van der Waals surface area contributed by atoms with E-state index in [-0.39, 0.29) is 18.6 Å². The highest BCUT2D eigenvalue weighted by Crippen LogP contribution is 2.25. The van der Waals surface area contributed by atoms with Crippen molar-refractivity contribution in [2.45, 2.75) is 38.3 Å². The Bertz CT molecular complexity index is 145. The van der Waals surface area contributed by atoms with Crippen molar-refractivity contribution < 1.29 is 20.1 Å². The summed E-state index contributed by atoms with van der Waals surface area (Å²) in [5, 5.41) is 27.7. The Kier molecular flexibility index (Phi) is 3.06. The lowest BCUT2D eigenvalue weighted by molar-refractivity contribution is -0.200. The molecule has 1 aliphatic heterocycles. The molecule has 12 heavy (non-hydrogen) atoms. The van der Waals surface area contributed by atoms with Gasteiger partial charge < -0.3 is 20.1 Å². The fourth-order valence-electron chi connectivity index (χ4n) is 1.44. The summed E-state index contributed by atoms with van der Waals surface area (Å²) in [4.78, 5) is 0. The molecule has 0 aromatic heterocycles. The third kappa shape index (κ3) is 1.61. The van der Waals surface area contributed by atoms with Crippen molar-refractivity contribution >= 4 is 0 Å². The van der Waals surface area contributed by atoms with Crippen LogP contribution in [0.3, 0.4) is 0 Å². The van der Waals surface area contributed by atoms with Gasteiger partial charge in [-0.15, -0.1) is 0 Å². The summed E-state index contributed by atoms with van der Waals surface area (Å²) >= 11 is 0. The molecule has 1 fully saturated rings. The average Bonchev–Trinajstić information content (AvgIpc) is 2.08. The number of hydrogen-bond acceptors (Lipinski definition) is 4. The molecule has 0 radical (unpaired) electrons. The third-order valence-electron chi connectivity index (χ3n) is 2.58. The molecule has 1 saturated heterocycles. The fraction of sp³-hybridized carbons (Fsp3) is 1.00. The van der Waals surface area contributed by atoms with Gasteiger partial charge in [-0.2, -0.15) is 0 Å². The van der Waals surface area contributed by atoms with Crippen molar-refractivity contribution in [1.29, 1.82) is 0 Å². The molecule has 4 heteroatoms. The van der Waals surface area contributed by atoms with Crippen LogP contribution in [0.2, 0.25) is 0 Å². The predicted octanol–water partition coefficient (Wildman–Crippen LogP) is -0.876. The highest BCUT2D eigenvalue weighted by Gasteiger charge is 2.39. The third-order valence-corrected chi connectivity index (χ3v) is 2.58. The molecule has 0 amide bonds. The lowest BCUT2D eigenvalue weighted by atomic mass is 9.89. The van der Waals surface area contributed by atoms with Gasteiger partial charge in [0.25, 0.3) is 0 Å². The van der Waals surface area contributed by atoms with Crippen LogP contribution in [0, 0.1) is 5.92 Å². The van der Waals surface area contributed by atoms with Crippen LogP contribution in [0.25, 0.3) is 0 Å². The minimum absolute atomic E-state index is 0.0946. The molecule has 0 saturated carbocycles. The summed E-state index contributed by atoms with van der Waals surface area (Å²) < 4.78 is 5.27. The van der Waals surface area contributed by atoms with Crippen molar-refractivity contribution in [3.63, 3.8) is 0 Å². The second-order valence-corrected chi connectivity index (χ2v) is 3.40. The van der Waals surface area contributed by atoms with Gasteiger partial charge in [-0.25, -0.2) is 0 Å². The second-order valence-electron chi connectivity index (χ2n) is 3.40. The second kappa shape index (κ2) is 3.70. The van der Waals surface area contributed by atoms with Crippen molar-refractivity contribution in [3.05, 3.63) is 0 Å². The van der Waals surface area contributed by atoms with E-state index in [1.54, 1.807) is 0 Å². The molecule has 3 N–H and O–H groups in total. The van der Waals surface area contributed by atoms with E-state index in [9.17, 15) is 10.2 Å². The number of aliphatic hydroxyl groups excluding tert-OH is 3. The Morgan fingerprint density at radius 2 is 1.75 bits per heavy atom. The molecule has 0 aliphatic carbocycles. The Morgan fingerprint density at radius 3 is 2.25 bits per heavy atom. The Labute approximate surface area is 71.8 Å². The Balaban J connectivity index is 2.63. The molecule has 0 aromatic carbocycles. The summed E-state index contributed by atoms with van der Waals surface area (Å²) in [5.74, 6) is -0.0946. The maximum Gasteiger partial charge on any atom is 0.109 e. The zero-order valence-corrected chi connectivity index (χ0v) is 7.34. The van der Waals surface area contributed by atoms with Crippen LogP contribution in [0.4, 0.5) is 0 Å². The molecular weight excluding hydrogens is 160 g/mol. The van der Waals surface area contributed by atoms with Crippen molar-refractivity contribution in [2.75, 3.05) is 6.61 Å². The van der Waals surface area contributed by atoms with Gasteiger partial charge in [0.2, 0.25) is 0 Å². The standard InChI is InChI=1S/C8H16O4/c1-4-5(2)12-6(3-9)8(11)7(4)10/h4-11H,3H2,1-2H3/t4-,5+,6+,7+,8-/m0/s1. The molecule has 0 unspecified atom stereocenters. The van der Waals surface area contributed by atoms with E-state index in [1.165, 1.54) is 0 Å². The smallest absolute Gasteiger partial charge is 0.109 e. The van der Waals surface area contributed by atoms with E-state index in [0.29, 0.717) is 0 Å². The quantitative estimate of drug-likeness (QED) is 0.485. The first-order valence-electron chi connectivity index (χ1n) is 4.20. The van der Waals surface area contributed by atoms with Crippen LogP contribution in [0.5, 0.6) is 0 Å². The van der Waals surface area contributed by atoms with E-state index in [4.69, 9.17) is 9.84 Å². The van der Waals surface area contributed by atoms with Gasteiger partial charge >= 0.3 is 0 Å². The van der Waals surface area contributed by atoms with Crippen LogP contribution in [-0.4, -0.2) is 46.3 Å². The summed E-state index contributed by atoms with van der Waals surface area (Å²) in [6, 6.07) is 0. The van der Waals surface area contributed by atoms with Crippen LogP contribution in [0.15, 0.2) is 0 Å². The zero-order chi connectivity index (χ0) is 9.30. The molecule has 0 aromatic rings. The van der Waals surface area contributed by atoms with Crippen LogP contribution < -0.4 is 0 Å². The van der Waals surface area contributed by atoms with Crippen molar-refractivity contribution in [3.8, 4) is 0 Å². The van der Waals surface area contributed by atoms with Crippen LogP contribution in [-0.2, 0) is 4.74 Å². The van der Waals surface area contributed by atoms with E-state index in [2.05, 4.69) is 0 Å². The first-order valence-corrected chi connectivity index (χ1v) is 4.20. The van der Waals surface area contributed by atoms with Gasteiger partial charge in [0.15, 0.2) is 0 Å². The summed E-state index contributed by atoms with van der Waals surface area (Å²) in [6.45, 7) is 3.38. The minimum atomic E-state index is -0.971. The molecule has 4 nitrogen and oxygen atoms in total. The largest absolute Gasteiger partial charge is 0.394 e. The van der Waals surface area contributed by atoms with Gasteiger partial charge in [0, 0.05) is 5.92 Å². The molecule has 72 valence electrons. The van der Waals surface area contributed by atoms with Gasteiger partial charge in [-0.3, -0.25) is 0 Å². The Morgan fingerprint density at radius 1 is 1.17 bits per heavy atom. The molecule has 5 atom stereocenters. The molecule has 0 bridgehead atoms. The van der Waals surface area contributed by atoms with E-state index in [1.807, 2.05) is 13.8 Å². The zero-order valence-electron chi connectivity index (χ0n) is 7.34. The molecule has 1 rings (SSSR count). The maximum absolute atomic E-state index is 9.48. The lowest BCUT2D eigenvalue weighted by Crippen LogP contribution is -2.53. The summed E-state index contributed by atoms with van der Waals surface area (Å²) in [7, 11) is 0. The van der Waals surface area contributed by atoms with E-state index >= 15 is 0 Å². The highest BCUT2D eigenvalue weighted by molar-refractivity contribution is 4.87.